The Kier molecular flexibility index (Phi) is 4.01. The number of rotatable bonds is 3. The van der Waals surface area contributed by atoms with Crippen molar-refractivity contribution in [2.24, 2.45) is 0 Å². The van der Waals surface area contributed by atoms with E-state index in [2.05, 4.69) is 0 Å². The van der Waals surface area contributed by atoms with E-state index in [1.807, 2.05) is 18.2 Å². The third-order valence-electron chi connectivity index (χ3n) is 4.08. The molecule has 4 rings (SSSR count). The summed E-state index contributed by atoms with van der Waals surface area (Å²) < 4.78 is 11.0. The molecule has 2 aliphatic heterocycles. The molecule has 2 amide bonds. The summed E-state index contributed by atoms with van der Waals surface area (Å²) in [5.41, 5.74) is 7.05. The number of thioether (sulfide) groups is 1. The van der Waals surface area contributed by atoms with Crippen LogP contribution < -0.4 is 20.1 Å². The third-order valence-corrected chi connectivity index (χ3v) is 5.36. The van der Waals surface area contributed by atoms with E-state index in [0.29, 0.717) is 36.1 Å². The van der Waals surface area contributed by atoms with Gasteiger partial charge in [-0.15, -0.1) is 11.8 Å². The zero-order valence-corrected chi connectivity index (χ0v) is 14.1. The zero-order chi connectivity index (χ0) is 17.4. The van der Waals surface area contributed by atoms with Gasteiger partial charge in [0.25, 0.3) is 0 Å². The van der Waals surface area contributed by atoms with E-state index in [1.165, 1.54) is 16.7 Å². The van der Waals surface area contributed by atoms with Gasteiger partial charge in [0.05, 0.1) is 10.9 Å². The van der Waals surface area contributed by atoms with Crippen LogP contribution in [0.15, 0.2) is 47.4 Å². The fourth-order valence-corrected chi connectivity index (χ4v) is 3.98. The number of benzene rings is 2. The molecule has 0 bridgehead atoms. The molecule has 1 fully saturated rings. The highest BCUT2D eigenvalue weighted by molar-refractivity contribution is 8.00. The molecule has 7 heteroatoms. The van der Waals surface area contributed by atoms with Gasteiger partial charge in [0.15, 0.2) is 11.5 Å². The van der Waals surface area contributed by atoms with Crippen molar-refractivity contribution in [3.05, 3.63) is 42.5 Å². The fraction of sp³-hybridized carbons (Fsp3) is 0.222. The molecule has 0 unspecified atom stereocenters. The van der Waals surface area contributed by atoms with Crippen molar-refractivity contribution < 1.29 is 19.1 Å². The zero-order valence-electron chi connectivity index (χ0n) is 13.3. The van der Waals surface area contributed by atoms with Gasteiger partial charge >= 0.3 is 0 Å². The van der Waals surface area contributed by atoms with Crippen molar-refractivity contribution in [2.45, 2.75) is 16.6 Å². The van der Waals surface area contributed by atoms with Crippen LogP contribution in [0.2, 0.25) is 0 Å². The summed E-state index contributed by atoms with van der Waals surface area (Å²) in [4.78, 5) is 27.2. The number of amides is 2. The molecule has 0 radical (unpaired) electrons. The average molecular weight is 356 g/mol. The first-order valence-corrected chi connectivity index (χ1v) is 8.79. The molecule has 0 spiro atoms. The number of carbonyl (C=O) groups excluding carboxylic acids is 2. The first kappa shape index (κ1) is 15.8. The van der Waals surface area contributed by atoms with Gasteiger partial charge in [0.1, 0.15) is 13.2 Å². The standard InChI is InChI=1S/C18H16N2O4S/c19-12-3-1-2-4-15(12)25-16-10-17(21)20(18(16)22)11-5-6-13-14(9-11)24-8-7-23-13/h1-6,9,16H,7-8,10,19H2/t16-/m1/s1. The molecule has 2 N–H and O–H groups in total. The van der Waals surface area contributed by atoms with Gasteiger partial charge in [-0.05, 0) is 24.3 Å². The number of fused-ring (bicyclic) bond motifs is 1. The number of ether oxygens (including phenoxy) is 2. The summed E-state index contributed by atoms with van der Waals surface area (Å²) in [6.07, 6.45) is 0.145. The van der Waals surface area contributed by atoms with Crippen molar-refractivity contribution in [1.29, 1.82) is 0 Å². The molecular formula is C18H16N2O4S. The quantitative estimate of drug-likeness (QED) is 0.672. The van der Waals surface area contributed by atoms with Crippen molar-refractivity contribution in [3.63, 3.8) is 0 Å². The molecule has 2 aromatic carbocycles. The van der Waals surface area contributed by atoms with Crippen molar-refractivity contribution in [2.75, 3.05) is 23.8 Å². The summed E-state index contributed by atoms with van der Waals surface area (Å²) in [6, 6.07) is 12.4. The van der Waals surface area contributed by atoms with Crippen LogP contribution in [0, 0.1) is 0 Å². The van der Waals surface area contributed by atoms with Crippen molar-refractivity contribution in [1.82, 2.24) is 0 Å². The van der Waals surface area contributed by atoms with Crippen LogP contribution in [0.3, 0.4) is 0 Å². The molecule has 2 aliphatic rings. The molecule has 2 heterocycles. The smallest absolute Gasteiger partial charge is 0.247 e. The average Bonchev–Trinajstić information content (AvgIpc) is 2.90. The van der Waals surface area contributed by atoms with Crippen LogP contribution in [-0.4, -0.2) is 30.3 Å². The Balaban J connectivity index is 1.58. The highest BCUT2D eigenvalue weighted by atomic mass is 32.2. The highest BCUT2D eigenvalue weighted by Gasteiger charge is 2.40. The third kappa shape index (κ3) is 2.91. The normalized spacial score (nSPS) is 19.4. The minimum atomic E-state index is -0.481. The molecule has 0 aliphatic carbocycles. The predicted molar refractivity (Wildman–Crippen MR) is 95.0 cm³/mol. The number of anilines is 2. The summed E-state index contributed by atoms with van der Waals surface area (Å²) in [5.74, 6) is 0.702. The molecule has 2 aromatic rings. The lowest BCUT2D eigenvalue weighted by Gasteiger charge is -2.21. The van der Waals surface area contributed by atoms with Gasteiger partial charge in [-0.25, -0.2) is 4.90 Å². The van der Waals surface area contributed by atoms with Crippen LogP contribution >= 0.6 is 11.8 Å². The summed E-state index contributed by atoms with van der Waals surface area (Å²) >= 11 is 1.32. The maximum Gasteiger partial charge on any atom is 0.247 e. The van der Waals surface area contributed by atoms with Gasteiger partial charge in [0, 0.05) is 23.1 Å². The summed E-state index contributed by atoms with van der Waals surface area (Å²) in [6.45, 7) is 0.940. The lowest BCUT2D eigenvalue weighted by molar-refractivity contribution is -0.121. The van der Waals surface area contributed by atoms with E-state index in [0.717, 1.165) is 4.90 Å². The van der Waals surface area contributed by atoms with Gasteiger partial charge in [-0.2, -0.15) is 0 Å². The van der Waals surface area contributed by atoms with Crippen LogP contribution in [-0.2, 0) is 9.59 Å². The van der Waals surface area contributed by atoms with E-state index in [1.54, 1.807) is 24.3 Å². The topological polar surface area (TPSA) is 81.9 Å². The van der Waals surface area contributed by atoms with Crippen LogP contribution in [0.1, 0.15) is 6.42 Å². The molecular weight excluding hydrogens is 340 g/mol. The van der Waals surface area contributed by atoms with Crippen LogP contribution in [0.25, 0.3) is 0 Å². The number of hydrogen-bond donors (Lipinski definition) is 1. The Bertz CT molecular complexity index is 855. The van der Waals surface area contributed by atoms with Gasteiger partial charge < -0.3 is 15.2 Å². The Morgan fingerprint density at radius 3 is 2.60 bits per heavy atom. The van der Waals surface area contributed by atoms with E-state index in [-0.39, 0.29) is 18.2 Å². The van der Waals surface area contributed by atoms with Gasteiger partial charge in [-0.1, -0.05) is 12.1 Å². The first-order valence-electron chi connectivity index (χ1n) is 7.91. The molecule has 25 heavy (non-hydrogen) atoms. The number of hydrogen-bond acceptors (Lipinski definition) is 6. The Morgan fingerprint density at radius 2 is 1.80 bits per heavy atom. The number of carbonyl (C=O) groups is 2. The first-order chi connectivity index (χ1) is 12.1. The number of nitrogens with zero attached hydrogens (tertiary/aromatic N) is 1. The van der Waals surface area contributed by atoms with Crippen LogP contribution in [0.4, 0.5) is 11.4 Å². The van der Waals surface area contributed by atoms with Gasteiger partial charge in [0.2, 0.25) is 11.8 Å². The van der Waals surface area contributed by atoms with E-state index in [4.69, 9.17) is 15.2 Å². The van der Waals surface area contributed by atoms with Crippen molar-refractivity contribution >= 4 is 35.0 Å². The Hall–Kier alpha value is -2.67. The second-order valence-electron chi connectivity index (χ2n) is 5.74. The van der Waals surface area contributed by atoms with Gasteiger partial charge in [-0.3, -0.25) is 9.59 Å². The van der Waals surface area contributed by atoms with E-state index < -0.39 is 5.25 Å². The van der Waals surface area contributed by atoms with Crippen LogP contribution in [0.5, 0.6) is 11.5 Å². The van der Waals surface area contributed by atoms with E-state index in [9.17, 15) is 9.59 Å². The summed E-state index contributed by atoms with van der Waals surface area (Å²) in [5, 5.41) is -0.481. The second kappa shape index (κ2) is 6.33. The number of imide groups is 1. The predicted octanol–water partition coefficient (Wildman–Crippen LogP) is 2.46. The molecule has 0 saturated carbocycles. The second-order valence-corrected chi connectivity index (χ2v) is 6.99. The Morgan fingerprint density at radius 1 is 1.04 bits per heavy atom. The number of nitrogen functional groups attached to an aromatic ring is 1. The molecule has 6 nitrogen and oxygen atoms in total. The highest BCUT2D eigenvalue weighted by Crippen LogP contribution is 2.39. The Labute approximate surface area is 148 Å². The number of nitrogens with two attached hydrogens (primary N) is 1. The maximum absolute atomic E-state index is 12.8. The SMILES string of the molecule is Nc1ccccc1S[C@@H]1CC(=O)N(c2ccc3c(c2)OCCO3)C1=O. The van der Waals surface area contributed by atoms with Crippen molar-refractivity contribution in [3.8, 4) is 11.5 Å². The minimum Gasteiger partial charge on any atom is -0.486 e. The molecule has 1 saturated heterocycles. The number of para-hydroxylation sites is 1. The summed E-state index contributed by atoms with van der Waals surface area (Å²) in [7, 11) is 0. The molecule has 128 valence electrons. The fourth-order valence-electron chi connectivity index (χ4n) is 2.88. The monoisotopic (exact) mass is 356 g/mol. The lowest BCUT2D eigenvalue weighted by atomic mass is 10.2. The minimum absolute atomic E-state index is 0.145. The lowest BCUT2D eigenvalue weighted by Crippen LogP contribution is -2.31. The molecule has 0 aromatic heterocycles. The van der Waals surface area contributed by atoms with E-state index >= 15 is 0 Å². The maximum atomic E-state index is 12.8. The largest absolute Gasteiger partial charge is 0.486 e. The molecule has 1 atom stereocenters.